The van der Waals surface area contributed by atoms with Crippen LogP contribution < -0.4 is 10.2 Å². The van der Waals surface area contributed by atoms with E-state index >= 15 is 0 Å². The van der Waals surface area contributed by atoms with Crippen LogP contribution in [-0.4, -0.2) is 31.2 Å². The Balaban J connectivity index is 1.83. The molecule has 2 aromatic heterocycles. The summed E-state index contributed by atoms with van der Waals surface area (Å²) in [4.78, 5) is 6.22. The molecule has 20 heavy (non-hydrogen) atoms. The molecule has 3 rings (SSSR count). The van der Waals surface area contributed by atoms with Gasteiger partial charge >= 0.3 is 0 Å². The summed E-state index contributed by atoms with van der Waals surface area (Å²) in [5.41, 5.74) is 0.325. The van der Waals surface area contributed by atoms with Gasteiger partial charge in [0.1, 0.15) is 11.8 Å². The van der Waals surface area contributed by atoms with Crippen molar-refractivity contribution in [3.63, 3.8) is 0 Å². The number of hydrogen-bond acceptors (Lipinski definition) is 6. The first-order chi connectivity index (χ1) is 9.86. The van der Waals surface area contributed by atoms with Crippen molar-refractivity contribution in [3.05, 3.63) is 35.7 Å². The summed E-state index contributed by atoms with van der Waals surface area (Å²) < 4.78 is 10.9. The van der Waals surface area contributed by atoms with Gasteiger partial charge in [0.15, 0.2) is 0 Å². The Labute approximate surface area is 116 Å². The molecule has 0 aliphatic carbocycles. The first-order valence-electron chi connectivity index (χ1n) is 6.45. The third kappa shape index (κ3) is 2.58. The van der Waals surface area contributed by atoms with E-state index in [-0.39, 0.29) is 0 Å². The number of anilines is 1. The standard InChI is InChI=1S/C14H14N4O2/c15-10-12-14(18-7-5-16-6-8-18)20-13(17-12)4-3-11-2-1-9-19-11/h1-4,9,16H,5-8H2/b4-3+. The molecular formula is C14H14N4O2. The van der Waals surface area contributed by atoms with Crippen LogP contribution in [0.15, 0.2) is 27.2 Å². The van der Waals surface area contributed by atoms with Gasteiger partial charge in [-0.1, -0.05) is 0 Å². The average Bonchev–Trinajstić information content (AvgIpc) is 3.15. The predicted octanol–water partition coefficient (Wildman–Crippen LogP) is 1.72. The number of nitrogens with zero attached hydrogens (tertiary/aromatic N) is 3. The first-order valence-corrected chi connectivity index (χ1v) is 6.45. The molecule has 0 amide bonds. The Morgan fingerprint density at radius 1 is 1.35 bits per heavy atom. The molecule has 2 aromatic rings. The maximum atomic E-state index is 9.16. The number of piperazine rings is 1. The number of nitrogens with one attached hydrogen (secondary N) is 1. The van der Waals surface area contributed by atoms with Gasteiger partial charge in [0.2, 0.25) is 17.5 Å². The zero-order valence-electron chi connectivity index (χ0n) is 10.9. The Hall–Kier alpha value is -2.52. The lowest BCUT2D eigenvalue weighted by Gasteiger charge is -2.26. The van der Waals surface area contributed by atoms with Gasteiger partial charge in [-0.25, -0.2) is 0 Å². The van der Waals surface area contributed by atoms with Crippen molar-refractivity contribution in [2.75, 3.05) is 31.1 Å². The fourth-order valence-corrected chi connectivity index (χ4v) is 2.09. The molecule has 1 fully saturated rings. The fraction of sp³-hybridized carbons (Fsp3) is 0.286. The second kappa shape index (κ2) is 5.63. The highest BCUT2D eigenvalue weighted by Crippen LogP contribution is 2.23. The normalized spacial score (nSPS) is 15.7. The number of oxazole rings is 1. The molecule has 102 valence electrons. The van der Waals surface area contributed by atoms with Gasteiger partial charge in [-0.3, -0.25) is 0 Å². The van der Waals surface area contributed by atoms with Crippen LogP contribution >= 0.6 is 0 Å². The highest BCUT2D eigenvalue weighted by Gasteiger charge is 2.20. The Morgan fingerprint density at radius 2 is 2.20 bits per heavy atom. The quantitative estimate of drug-likeness (QED) is 0.915. The van der Waals surface area contributed by atoms with Crippen molar-refractivity contribution < 1.29 is 8.83 Å². The van der Waals surface area contributed by atoms with Gasteiger partial charge in [-0.15, -0.1) is 0 Å². The van der Waals surface area contributed by atoms with Crippen LogP contribution in [-0.2, 0) is 0 Å². The van der Waals surface area contributed by atoms with E-state index in [9.17, 15) is 0 Å². The topological polar surface area (TPSA) is 78.2 Å². The van der Waals surface area contributed by atoms with E-state index < -0.39 is 0 Å². The van der Waals surface area contributed by atoms with Gasteiger partial charge < -0.3 is 19.1 Å². The number of rotatable bonds is 3. The van der Waals surface area contributed by atoms with Gasteiger partial charge in [0, 0.05) is 32.3 Å². The summed E-state index contributed by atoms with van der Waals surface area (Å²) in [6.07, 6.45) is 5.06. The minimum Gasteiger partial charge on any atom is -0.465 e. The maximum Gasteiger partial charge on any atom is 0.235 e. The summed E-state index contributed by atoms with van der Waals surface area (Å²) in [5, 5.41) is 12.4. The predicted molar refractivity (Wildman–Crippen MR) is 73.9 cm³/mol. The third-order valence-corrected chi connectivity index (χ3v) is 3.07. The zero-order valence-corrected chi connectivity index (χ0v) is 10.9. The van der Waals surface area contributed by atoms with Crippen LogP contribution in [0, 0.1) is 11.3 Å². The van der Waals surface area contributed by atoms with Gasteiger partial charge in [0.05, 0.1) is 6.26 Å². The highest BCUT2D eigenvalue weighted by atomic mass is 16.4. The minimum absolute atomic E-state index is 0.325. The molecule has 1 aliphatic rings. The monoisotopic (exact) mass is 270 g/mol. The molecule has 1 aliphatic heterocycles. The molecule has 0 spiro atoms. The van der Waals surface area contributed by atoms with E-state index in [1.807, 2.05) is 17.0 Å². The van der Waals surface area contributed by atoms with Crippen LogP contribution in [0.4, 0.5) is 5.88 Å². The lowest BCUT2D eigenvalue weighted by molar-refractivity contribution is 0.498. The van der Waals surface area contributed by atoms with E-state index in [1.54, 1.807) is 18.4 Å². The largest absolute Gasteiger partial charge is 0.465 e. The summed E-state index contributed by atoms with van der Waals surface area (Å²) >= 11 is 0. The molecule has 1 N–H and O–H groups in total. The number of hydrogen-bond donors (Lipinski definition) is 1. The molecule has 0 bridgehead atoms. The van der Waals surface area contributed by atoms with Crippen molar-refractivity contribution >= 4 is 18.0 Å². The second-order valence-corrected chi connectivity index (χ2v) is 4.40. The number of nitriles is 1. The SMILES string of the molecule is N#Cc1nc(/C=C/c2ccco2)oc1N1CCNCC1. The van der Waals surface area contributed by atoms with Gasteiger partial charge in [-0.05, 0) is 18.2 Å². The van der Waals surface area contributed by atoms with Crippen LogP contribution in [0.2, 0.25) is 0 Å². The molecular weight excluding hydrogens is 256 g/mol. The zero-order chi connectivity index (χ0) is 13.8. The lowest BCUT2D eigenvalue weighted by atomic mass is 10.3. The smallest absolute Gasteiger partial charge is 0.235 e. The molecule has 0 radical (unpaired) electrons. The third-order valence-electron chi connectivity index (χ3n) is 3.07. The van der Waals surface area contributed by atoms with Gasteiger partial charge in [0.25, 0.3) is 0 Å². The molecule has 3 heterocycles. The van der Waals surface area contributed by atoms with Crippen LogP contribution in [0.25, 0.3) is 12.2 Å². The maximum absolute atomic E-state index is 9.16. The fourth-order valence-electron chi connectivity index (χ4n) is 2.09. The van der Waals surface area contributed by atoms with Crippen molar-refractivity contribution in [2.45, 2.75) is 0 Å². The molecule has 1 saturated heterocycles. The first kappa shape index (κ1) is 12.5. The average molecular weight is 270 g/mol. The van der Waals surface area contributed by atoms with Crippen LogP contribution in [0.5, 0.6) is 0 Å². The summed E-state index contributed by atoms with van der Waals surface area (Å²) in [5.74, 6) is 1.67. The van der Waals surface area contributed by atoms with Crippen molar-refractivity contribution in [2.24, 2.45) is 0 Å². The molecule has 0 saturated carbocycles. The Kier molecular flexibility index (Phi) is 3.52. The summed E-state index contributed by atoms with van der Waals surface area (Å²) in [7, 11) is 0. The highest BCUT2D eigenvalue weighted by molar-refractivity contribution is 5.64. The second-order valence-electron chi connectivity index (χ2n) is 4.40. The molecule has 6 heteroatoms. The van der Waals surface area contributed by atoms with Gasteiger partial charge in [-0.2, -0.15) is 10.2 Å². The minimum atomic E-state index is 0.325. The van der Waals surface area contributed by atoms with E-state index in [1.165, 1.54) is 0 Å². The lowest BCUT2D eigenvalue weighted by Crippen LogP contribution is -2.43. The van der Waals surface area contributed by atoms with E-state index in [0.717, 1.165) is 26.2 Å². The molecule has 0 unspecified atom stereocenters. The van der Waals surface area contributed by atoms with E-state index in [0.29, 0.717) is 23.2 Å². The van der Waals surface area contributed by atoms with Crippen LogP contribution in [0.3, 0.4) is 0 Å². The summed E-state index contributed by atoms with van der Waals surface area (Å²) in [6, 6.07) is 5.73. The van der Waals surface area contributed by atoms with E-state index in [4.69, 9.17) is 14.1 Å². The number of aromatic nitrogens is 1. The molecule has 6 nitrogen and oxygen atoms in total. The molecule has 0 aromatic carbocycles. The molecule has 0 atom stereocenters. The van der Waals surface area contributed by atoms with Crippen molar-refractivity contribution in [3.8, 4) is 6.07 Å². The van der Waals surface area contributed by atoms with Crippen molar-refractivity contribution in [1.82, 2.24) is 10.3 Å². The van der Waals surface area contributed by atoms with E-state index in [2.05, 4.69) is 16.4 Å². The van der Waals surface area contributed by atoms with Crippen molar-refractivity contribution in [1.29, 1.82) is 5.26 Å². The van der Waals surface area contributed by atoms with Crippen LogP contribution in [0.1, 0.15) is 17.3 Å². The number of furan rings is 1. The summed E-state index contributed by atoms with van der Waals surface area (Å²) in [6.45, 7) is 3.38. The Morgan fingerprint density at radius 3 is 2.90 bits per heavy atom. The Bertz CT molecular complexity index is 631.